The lowest BCUT2D eigenvalue weighted by Gasteiger charge is -2.06. The topological polar surface area (TPSA) is 72.2 Å². The van der Waals surface area contributed by atoms with Gasteiger partial charge >= 0.3 is 0 Å². The molecule has 80 valence electrons. The van der Waals surface area contributed by atoms with E-state index in [1.54, 1.807) is 13.0 Å². The molecule has 1 rings (SSSR count). The molecular formula is C9H9BrN2O3. The van der Waals surface area contributed by atoms with Crippen molar-refractivity contribution in [3.8, 4) is 0 Å². The lowest BCUT2D eigenvalue weighted by Crippen LogP contribution is -2.08. The Bertz CT molecular complexity index is 432. The third-order valence-electron chi connectivity index (χ3n) is 1.86. The van der Waals surface area contributed by atoms with Crippen LogP contribution in [0.5, 0.6) is 0 Å². The normalized spacial score (nSPS) is 9.80. The number of anilines is 1. The molecule has 0 bridgehead atoms. The van der Waals surface area contributed by atoms with Crippen LogP contribution in [0.2, 0.25) is 0 Å². The summed E-state index contributed by atoms with van der Waals surface area (Å²) in [6, 6.07) is 3.16. The number of amides is 1. The van der Waals surface area contributed by atoms with Gasteiger partial charge in [-0.2, -0.15) is 0 Å². The van der Waals surface area contributed by atoms with Crippen LogP contribution in [0.4, 0.5) is 11.4 Å². The number of nitro benzene ring substituents is 1. The number of nitrogens with zero attached hydrogens (tertiary/aromatic N) is 1. The third kappa shape index (κ3) is 2.53. The average Bonchev–Trinajstić information content (AvgIpc) is 2.10. The molecule has 15 heavy (non-hydrogen) atoms. The van der Waals surface area contributed by atoms with Crippen molar-refractivity contribution in [2.45, 2.75) is 13.8 Å². The average molecular weight is 273 g/mol. The number of hydrogen-bond donors (Lipinski definition) is 1. The Morgan fingerprint density at radius 2 is 2.13 bits per heavy atom. The highest BCUT2D eigenvalue weighted by Crippen LogP contribution is 2.33. The van der Waals surface area contributed by atoms with E-state index in [-0.39, 0.29) is 17.3 Å². The first kappa shape index (κ1) is 11.6. The Kier molecular flexibility index (Phi) is 3.41. The molecule has 0 atom stereocenters. The Labute approximate surface area is 94.8 Å². The summed E-state index contributed by atoms with van der Waals surface area (Å²) in [5, 5.41) is 13.2. The fourth-order valence-electron chi connectivity index (χ4n) is 1.20. The number of hydrogen-bond acceptors (Lipinski definition) is 3. The molecule has 0 spiro atoms. The second kappa shape index (κ2) is 4.39. The molecule has 0 aromatic heterocycles. The molecule has 1 N–H and O–H groups in total. The summed E-state index contributed by atoms with van der Waals surface area (Å²) in [6.07, 6.45) is 0. The van der Waals surface area contributed by atoms with Gasteiger partial charge in [0.15, 0.2) is 0 Å². The van der Waals surface area contributed by atoms with Crippen molar-refractivity contribution < 1.29 is 9.72 Å². The highest BCUT2D eigenvalue weighted by Gasteiger charge is 2.19. The van der Waals surface area contributed by atoms with E-state index in [2.05, 4.69) is 21.2 Å². The van der Waals surface area contributed by atoms with Gasteiger partial charge in [0.2, 0.25) is 5.91 Å². The van der Waals surface area contributed by atoms with Crippen LogP contribution in [0.1, 0.15) is 12.5 Å². The standard InChI is InChI=1S/C9H9BrN2O3/c1-5-7(10)3-4-8(11-6(2)13)9(5)12(14)15/h3-4H,1-2H3,(H,11,13). The van der Waals surface area contributed by atoms with E-state index in [9.17, 15) is 14.9 Å². The van der Waals surface area contributed by atoms with Gasteiger partial charge in [0.05, 0.1) is 4.92 Å². The summed E-state index contributed by atoms with van der Waals surface area (Å²) in [6.45, 7) is 2.93. The molecule has 0 radical (unpaired) electrons. The first-order chi connectivity index (χ1) is 6.93. The Hall–Kier alpha value is -1.43. The largest absolute Gasteiger partial charge is 0.321 e. The quantitative estimate of drug-likeness (QED) is 0.665. The van der Waals surface area contributed by atoms with E-state index in [0.717, 1.165) is 0 Å². The van der Waals surface area contributed by atoms with Crippen LogP contribution >= 0.6 is 15.9 Å². The summed E-state index contributed by atoms with van der Waals surface area (Å²) >= 11 is 3.20. The second-order valence-electron chi connectivity index (χ2n) is 3.01. The number of carbonyl (C=O) groups is 1. The molecular weight excluding hydrogens is 264 g/mol. The molecule has 0 aliphatic heterocycles. The zero-order chi connectivity index (χ0) is 11.6. The lowest BCUT2D eigenvalue weighted by molar-refractivity contribution is -0.384. The molecule has 0 aliphatic carbocycles. The van der Waals surface area contributed by atoms with Crippen molar-refractivity contribution >= 4 is 33.2 Å². The smallest absolute Gasteiger partial charge is 0.296 e. The minimum atomic E-state index is -0.509. The molecule has 0 unspecified atom stereocenters. The molecule has 5 nitrogen and oxygen atoms in total. The number of nitro groups is 1. The van der Waals surface area contributed by atoms with Crippen LogP contribution in [-0.2, 0) is 4.79 Å². The predicted octanol–water partition coefficient (Wildman–Crippen LogP) is 2.62. The fourth-order valence-corrected chi connectivity index (χ4v) is 1.52. The van der Waals surface area contributed by atoms with E-state index in [1.165, 1.54) is 13.0 Å². The molecule has 0 saturated carbocycles. The van der Waals surface area contributed by atoms with Gasteiger partial charge in [-0.1, -0.05) is 15.9 Å². The van der Waals surface area contributed by atoms with Crippen LogP contribution in [0.3, 0.4) is 0 Å². The number of carbonyl (C=O) groups excluding carboxylic acids is 1. The van der Waals surface area contributed by atoms with Gasteiger partial charge in [0.1, 0.15) is 5.69 Å². The van der Waals surface area contributed by atoms with Gasteiger partial charge in [-0.3, -0.25) is 14.9 Å². The highest BCUT2D eigenvalue weighted by atomic mass is 79.9. The monoisotopic (exact) mass is 272 g/mol. The molecule has 0 fully saturated rings. The highest BCUT2D eigenvalue weighted by molar-refractivity contribution is 9.10. The molecule has 0 heterocycles. The molecule has 1 amide bonds. The SMILES string of the molecule is CC(=O)Nc1ccc(Br)c(C)c1[N+](=O)[O-]. The lowest BCUT2D eigenvalue weighted by atomic mass is 10.1. The maximum absolute atomic E-state index is 10.8. The van der Waals surface area contributed by atoms with Crippen LogP contribution in [0.15, 0.2) is 16.6 Å². The van der Waals surface area contributed by atoms with Crippen molar-refractivity contribution in [1.29, 1.82) is 0 Å². The van der Waals surface area contributed by atoms with Gasteiger partial charge in [0, 0.05) is 17.0 Å². The maximum Gasteiger partial charge on any atom is 0.296 e. The van der Waals surface area contributed by atoms with Gasteiger partial charge in [-0.05, 0) is 19.1 Å². The van der Waals surface area contributed by atoms with Crippen molar-refractivity contribution in [1.82, 2.24) is 0 Å². The van der Waals surface area contributed by atoms with Crippen molar-refractivity contribution in [3.63, 3.8) is 0 Å². The zero-order valence-corrected chi connectivity index (χ0v) is 9.79. The van der Waals surface area contributed by atoms with Gasteiger partial charge < -0.3 is 5.32 Å². The fraction of sp³-hybridized carbons (Fsp3) is 0.222. The Morgan fingerprint density at radius 1 is 1.53 bits per heavy atom. The number of nitrogens with one attached hydrogen (secondary N) is 1. The molecule has 1 aromatic carbocycles. The summed E-state index contributed by atoms with van der Waals surface area (Å²) in [4.78, 5) is 21.1. The number of benzene rings is 1. The maximum atomic E-state index is 10.8. The van der Waals surface area contributed by atoms with E-state index < -0.39 is 4.92 Å². The van der Waals surface area contributed by atoms with Crippen LogP contribution in [0.25, 0.3) is 0 Å². The van der Waals surface area contributed by atoms with Crippen molar-refractivity contribution in [3.05, 3.63) is 32.3 Å². The molecule has 6 heteroatoms. The summed E-state index contributed by atoms with van der Waals surface area (Å²) in [7, 11) is 0. The predicted molar refractivity (Wildman–Crippen MR) is 59.8 cm³/mol. The molecule has 0 saturated heterocycles. The molecule has 1 aromatic rings. The van der Waals surface area contributed by atoms with Gasteiger partial charge in [0.25, 0.3) is 5.69 Å². The van der Waals surface area contributed by atoms with Crippen LogP contribution in [-0.4, -0.2) is 10.8 Å². The zero-order valence-electron chi connectivity index (χ0n) is 8.20. The van der Waals surface area contributed by atoms with E-state index in [0.29, 0.717) is 10.0 Å². The van der Waals surface area contributed by atoms with Gasteiger partial charge in [-0.15, -0.1) is 0 Å². The molecule has 0 aliphatic rings. The first-order valence-electron chi connectivity index (χ1n) is 4.14. The summed E-state index contributed by atoms with van der Waals surface area (Å²) < 4.78 is 0.642. The van der Waals surface area contributed by atoms with Crippen molar-refractivity contribution in [2.24, 2.45) is 0 Å². The Balaban J connectivity index is 3.33. The first-order valence-corrected chi connectivity index (χ1v) is 4.94. The minimum Gasteiger partial charge on any atom is -0.321 e. The summed E-state index contributed by atoms with van der Waals surface area (Å²) in [5.74, 6) is -0.333. The third-order valence-corrected chi connectivity index (χ3v) is 2.72. The van der Waals surface area contributed by atoms with Crippen LogP contribution < -0.4 is 5.32 Å². The van der Waals surface area contributed by atoms with E-state index in [4.69, 9.17) is 0 Å². The van der Waals surface area contributed by atoms with Crippen molar-refractivity contribution in [2.75, 3.05) is 5.32 Å². The number of halogens is 1. The Morgan fingerprint density at radius 3 is 2.60 bits per heavy atom. The van der Waals surface area contributed by atoms with Crippen LogP contribution in [0, 0.1) is 17.0 Å². The van der Waals surface area contributed by atoms with E-state index >= 15 is 0 Å². The minimum absolute atomic E-state index is 0.0837. The summed E-state index contributed by atoms with van der Waals surface area (Å²) in [5.41, 5.74) is 0.624. The second-order valence-corrected chi connectivity index (χ2v) is 3.86. The number of rotatable bonds is 2. The van der Waals surface area contributed by atoms with E-state index in [1.807, 2.05) is 0 Å². The van der Waals surface area contributed by atoms with Gasteiger partial charge in [-0.25, -0.2) is 0 Å².